The van der Waals surface area contributed by atoms with Crippen molar-refractivity contribution in [1.82, 2.24) is 20.5 Å². The van der Waals surface area contributed by atoms with Gasteiger partial charge in [-0.15, -0.1) is 0 Å². The number of hydrogen-bond acceptors (Lipinski definition) is 6. The monoisotopic (exact) mass is 392 g/mol. The van der Waals surface area contributed by atoms with E-state index in [1.807, 2.05) is 0 Å². The number of aromatic nitrogens is 2. The van der Waals surface area contributed by atoms with Crippen LogP contribution in [0.4, 0.5) is 0 Å². The second-order valence-electron chi connectivity index (χ2n) is 8.18. The number of nitrogens with one attached hydrogen (secondary N) is 1. The van der Waals surface area contributed by atoms with Crippen LogP contribution in [-0.4, -0.2) is 45.2 Å². The molecule has 0 bridgehead atoms. The fourth-order valence-electron chi connectivity index (χ4n) is 4.44. The first kappa shape index (κ1) is 20.8. The van der Waals surface area contributed by atoms with Crippen LogP contribution in [0.15, 0.2) is 4.52 Å². The molecule has 1 aromatic rings. The summed E-state index contributed by atoms with van der Waals surface area (Å²) >= 11 is 0. The number of piperidine rings is 1. The summed E-state index contributed by atoms with van der Waals surface area (Å²) in [5.74, 6) is 0.171. The lowest BCUT2D eigenvalue weighted by atomic mass is 9.84. The van der Waals surface area contributed by atoms with Crippen LogP contribution in [0, 0.1) is 5.92 Å². The molecule has 1 aliphatic carbocycles. The van der Waals surface area contributed by atoms with Crippen molar-refractivity contribution in [3.8, 4) is 0 Å². The largest absolute Gasteiger partial charge is 0.338 e. The van der Waals surface area contributed by atoms with E-state index < -0.39 is 5.91 Å². The lowest BCUT2D eigenvalue weighted by Crippen LogP contribution is -2.36. The molecule has 28 heavy (non-hydrogen) atoms. The van der Waals surface area contributed by atoms with E-state index in [2.05, 4.69) is 10.1 Å². The normalized spacial score (nSPS) is 19.4. The maximum Gasteiger partial charge on any atom is 0.295 e. The van der Waals surface area contributed by atoms with E-state index in [4.69, 9.17) is 9.73 Å². The van der Waals surface area contributed by atoms with Crippen molar-refractivity contribution >= 4 is 11.8 Å². The topological polar surface area (TPSA) is 109 Å². The molecule has 8 heteroatoms. The van der Waals surface area contributed by atoms with Gasteiger partial charge in [0.05, 0.1) is 0 Å². The Morgan fingerprint density at radius 1 is 1.14 bits per heavy atom. The van der Waals surface area contributed by atoms with Crippen molar-refractivity contribution in [2.45, 2.75) is 83.0 Å². The summed E-state index contributed by atoms with van der Waals surface area (Å²) < 4.78 is 5.36. The Morgan fingerprint density at radius 2 is 1.86 bits per heavy atom. The summed E-state index contributed by atoms with van der Waals surface area (Å²) in [7, 11) is 0. The molecule has 1 atom stereocenters. The summed E-state index contributed by atoms with van der Waals surface area (Å²) in [5.41, 5.74) is 1.68. The van der Waals surface area contributed by atoms with Gasteiger partial charge in [0.15, 0.2) is 0 Å². The third kappa shape index (κ3) is 5.77. The molecule has 0 unspecified atom stereocenters. The van der Waals surface area contributed by atoms with E-state index in [-0.39, 0.29) is 24.1 Å². The molecule has 0 aromatic carbocycles. The number of hydroxylamine groups is 1. The van der Waals surface area contributed by atoms with Crippen molar-refractivity contribution in [3.05, 3.63) is 11.7 Å². The van der Waals surface area contributed by atoms with E-state index in [1.54, 1.807) is 10.4 Å². The average molecular weight is 393 g/mol. The quantitative estimate of drug-likeness (QED) is 0.518. The molecular weight excluding hydrogens is 360 g/mol. The van der Waals surface area contributed by atoms with E-state index in [9.17, 15) is 9.59 Å². The zero-order valence-electron chi connectivity index (χ0n) is 16.6. The summed E-state index contributed by atoms with van der Waals surface area (Å²) in [6, 6.07) is 0. The molecule has 2 heterocycles. The van der Waals surface area contributed by atoms with E-state index >= 15 is 0 Å². The number of carbonyl (C=O) groups is 2. The highest BCUT2D eigenvalue weighted by Gasteiger charge is 2.27. The zero-order valence-corrected chi connectivity index (χ0v) is 16.6. The molecule has 1 aromatic heterocycles. The van der Waals surface area contributed by atoms with Crippen molar-refractivity contribution in [3.63, 3.8) is 0 Å². The third-order valence-corrected chi connectivity index (χ3v) is 6.07. The molecule has 0 spiro atoms. The van der Waals surface area contributed by atoms with Crippen LogP contribution in [0.25, 0.3) is 0 Å². The van der Waals surface area contributed by atoms with Gasteiger partial charge in [0.1, 0.15) is 0 Å². The van der Waals surface area contributed by atoms with Crippen molar-refractivity contribution < 1.29 is 19.3 Å². The van der Waals surface area contributed by atoms with Crippen molar-refractivity contribution in [2.75, 3.05) is 13.1 Å². The Bertz CT molecular complexity index is 636. The maximum absolute atomic E-state index is 12.6. The van der Waals surface area contributed by atoms with Crippen LogP contribution >= 0.6 is 0 Å². The summed E-state index contributed by atoms with van der Waals surface area (Å²) in [4.78, 5) is 30.3. The maximum atomic E-state index is 12.6. The Balaban J connectivity index is 1.59. The Hall–Kier alpha value is -1.96. The number of rotatable bonds is 8. The average Bonchev–Trinajstić information content (AvgIpc) is 3.24. The Labute approximate surface area is 166 Å². The van der Waals surface area contributed by atoms with Gasteiger partial charge in [0, 0.05) is 25.4 Å². The number of likely N-dealkylation sites (tertiary alicyclic amines) is 1. The van der Waals surface area contributed by atoms with Crippen molar-refractivity contribution in [1.29, 1.82) is 0 Å². The fraction of sp³-hybridized carbons (Fsp3) is 0.800. The standard InChI is InChI=1S/C20H32N4O4/c25-17(22-27)14-16(11-7-10-15-8-3-1-4-9-15)19-21-18(23-28-19)20(26)24-12-5-2-6-13-24/h15-16,27H,1-14H2,(H,22,25)/t16-/m1/s1. The molecule has 2 aliphatic rings. The highest BCUT2D eigenvalue weighted by Crippen LogP contribution is 2.31. The highest BCUT2D eigenvalue weighted by molar-refractivity contribution is 5.90. The number of nitrogens with zero attached hydrogens (tertiary/aromatic N) is 3. The van der Waals surface area contributed by atoms with E-state index in [0.717, 1.165) is 57.5 Å². The molecule has 156 valence electrons. The molecule has 1 saturated carbocycles. The van der Waals surface area contributed by atoms with E-state index in [0.29, 0.717) is 5.89 Å². The molecule has 1 saturated heterocycles. The highest BCUT2D eigenvalue weighted by atomic mass is 16.5. The van der Waals surface area contributed by atoms with Gasteiger partial charge in [0.25, 0.3) is 11.7 Å². The van der Waals surface area contributed by atoms with Crippen LogP contribution < -0.4 is 5.48 Å². The lowest BCUT2D eigenvalue weighted by molar-refractivity contribution is -0.129. The van der Waals surface area contributed by atoms with Gasteiger partial charge in [0.2, 0.25) is 11.8 Å². The van der Waals surface area contributed by atoms with Crippen LogP contribution in [0.5, 0.6) is 0 Å². The first-order chi connectivity index (χ1) is 13.7. The molecular formula is C20H32N4O4. The van der Waals surface area contributed by atoms with Gasteiger partial charge in [-0.1, -0.05) is 50.1 Å². The minimum absolute atomic E-state index is 0.0681. The van der Waals surface area contributed by atoms with Gasteiger partial charge in [-0.2, -0.15) is 4.98 Å². The molecule has 2 fully saturated rings. The summed E-state index contributed by atoms with van der Waals surface area (Å²) in [6.45, 7) is 1.45. The minimum Gasteiger partial charge on any atom is -0.338 e. The van der Waals surface area contributed by atoms with Crippen LogP contribution in [-0.2, 0) is 4.79 Å². The van der Waals surface area contributed by atoms with E-state index in [1.165, 1.54) is 32.1 Å². The second-order valence-corrected chi connectivity index (χ2v) is 8.18. The first-order valence-corrected chi connectivity index (χ1v) is 10.7. The van der Waals surface area contributed by atoms with Gasteiger partial charge in [-0.3, -0.25) is 14.8 Å². The number of hydrogen-bond donors (Lipinski definition) is 2. The Kier molecular flexibility index (Phi) is 7.82. The van der Waals surface area contributed by atoms with Crippen LogP contribution in [0.2, 0.25) is 0 Å². The van der Waals surface area contributed by atoms with Crippen molar-refractivity contribution in [2.24, 2.45) is 5.92 Å². The Morgan fingerprint density at radius 3 is 2.57 bits per heavy atom. The predicted molar refractivity (Wildman–Crippen MR) is 102 cm³/mol. The smallest absolute Gasteiger partial charge is 0.295 e. The zero-order chi connectivity index (χ0) is 19.8. The SMILES string of the molecule is O=C(C[C@@H](CCCC1CCCCC1)c1nc(C(=O)N2CCCCC2)no1)NO. The second kappa shape index (κ2) is 10.5. The van der Waals surface area contributed by atoms with Gasteiger partial charge >= 0.3 is 0 Å². The van der Waals surface area contributed by atoms with Gasteiger partial charge in [-0.05, 0) is 31.6 Å². The minimum atomic E-state index is -0.482. The lowest BCUT2D eigenvalue weighted by Gasteiger charge is -2.25. The van der Waals surface area contributed by atoms with Gasteiger partial charge in [-0.25, -0.2) is 5.48 Å². The van der Waals surface area contributed by atoms with Crippen LogP contribution in [0.1, 0.15) is 99.5 Å². The molecule has 2 amide bonds. The fourth-order valence-corrected chi connectivity index (χ4v) is 4.44. The third-order valence-electron chi connectivity index (χ3n) is 6.07. The predicted octanol–water partition coefficient (Wildman–Crippen LogP) is 3.43. The summed E-state index contributed by atoms with van der Waals surface area (Å²) in [6.07, 6.45) is 12.6. The molecule has 3 rings (SSSR count). The van der Waals surface area contributed by atoms with Gasteiger partial charge < -0.3 is 9.42 Å². The summed E-state index contributed by atoms with van der Waals surface area (Å²) in [5, 5.41) is 12.8. The molecule has 1 aliphatic heterocycles. The molecule has 8 nitrogen and oxygen atoms in total. The molecule has 2 N–H and O–H groups in total. The number of amides is 2. The van der Waals surface area contributed by atoms with Crippen LogP contribution in [0.3, 0.4) is 0 Å². The number of carbonyl (C=O) groups excluding carboxylic acids is 2. The molecule has 0 radical (unpaired) electrons. The first-order valence-electron chi connectivity index (χ1n) is 10.7.